The Balaban J connectivity index is 2.18. The number of amides is 2. The Hall–Kier alpha value is -1.56. The molecule has 0 radical (unpaired) electrons. The van der Waals surface area contributed by atoms with Gasteiger partial charge in [0.25, 0.3) is 0 Å². The SMILES string of the molecule is CSCC(=O)NCCNC(=O)Cc1ccc(F)cc1. The van der Waals surface area contributed by atoms with Crippen molar-refractivity contribution >= 4 is 23.6 Å². The fourth-order valence-corrected chi connectivity index (χ4v) is 1.80. The fourth-order valence-electron chi connectivity index (χ4n) is 1.44. The molecule has 0 spiro atoms. The number of thioether (sulfide) groups is 1. The second-order valence-electron chi connectivity index (χ2n) is 3.94. The molecule has 6 heteroatoms. The van der Waals surface area contributed by atoms with E-state index in [0.717, 1.165) is 5.56 Å². The zero-order valence-electron chi connectivity index (χ0n) is 10.7. The molecule has 2 N–H and O–H groups in total. The first-order valence-electron chi connectivity index (χ1n) is 5.88. The van der Waals surface area contributed by atoms with Crippen molar-refractivity contribution in [3.63, 3.8) is 0 Å². The molecule has 2 amide bonds. The molecule has 0 aliphatic heterocycles. The van der Waals surface area contributed by atoms with Crippen LogP contribution in [-0.4, -0.2) is 36.9 Å². The van der Waals surface area contributed by atoms with E-state index in [0.29, 0.717) is 18.8 Å². The van der Waals surface area contributed by atoms with E-state index < -0.39 is 0 Å². The maximum absolute atomic E-state index is 12.7. The second-order valence-corrected chi connectivity index (χ2v) is 4.80. The van der Waals surface area contributed by atoms with Gasteiger partial charge in [-0.2, -0.15) is 11.8 Å². The third kappa shape index (κ3) is 6.81. The number of benzene rings is 1. The van der Waals surface area contributed by atoms with Gasteiger partial charge in [-0.15, -0.1) is 0 Å². The normalized spacial score (nSPS) is 10.0. The number of carbonyl (C=O) groups is 2. The number of nitrogens with one attached hydrogen (secondary N) is 2. The highest BCUT2D eigenvalue weighted by Gasteiger charge is 2.03. The predicted octanol–water partition coefficient (Wildman–Crippen LogP) is 0.964. The Morgan fingerprint density at radius 2 is 1.68 bits per heavy atom. The van der Waals surface area contributed by atoms with Gasteiger partial charge in [0, 0.05) is 13.1 Å². The van der Waals surface area contributed by atoms with Crippen molar-refractivity contribution < 1.29 is 14.0 Å². The van der Waals surface area contributed by atoms with E-state index in [1.165, 1.54) is 23.9 Å². The van der Waals surface area contributed by atoms with Gasteiger partial charge in [0.2, 0.25) is 11.8 Å². The molecule has 0 unspecified atom stereocenters. The summed E-state index contributed by atoms with van der Waals surface area (Å²) >= 11 is 1.45. The van der Waals surface area contributed by atoms with E-state index in [-0.39, 0.29) is 24.1 Å². The first-order valence-corrected chi connectivity index (χ1v) is 7.28. The van der Waals surface area contributed by atoms with Crippen LogP contribution in [0.5, 0.6) is 0 Å². The van der Waals surface area contributed by atoms with Gasteiger partial charge in [-0.3, -0.25) is 9.59 Å². The molecule has 1 aromatic rings. The standard InChI is InChI=1S/C13H17FN2O2S/c1-19-9-13(18)16-7-6-15-12(17)8-10-2-4-11(14)5-3-10/h2-5H,6-9H2,1H3,(H,15,17)(H,16,18). The summed E-state index contributed by atoms with van der Waals surface area (Å²) in [5, 5.41) is 5.38. The van der Waals surface area contributed by atoms with Gasteiger partial charge < -0.3 is 10.6 Å². The lowest BCUT2D eigenvalue weighted by Gasteiger charge is -2.06. The van der Waals surface area contributed by atoms with Crippen LogP contribution in [0.1, 0.15) is 5.56 Å². The van der Waals surface area contributed by atoms with Crippen LogP contribution >= 0.6 is 11.8 Å². The van der Waals surface area contributed by atoms with Crippen molar-refractivity contribution in [1.82, 2.24) is 10.6 Å². The molecule has 0 bridgehead atoms. The minimum absolute atomic E-state index is 0.0414. The average molecular weight is 284 g/mol. The molecule has 0 atom stereocenters. The lowest BCUT2D eigenvalue weighted by atomic mass is 10.1. The minimum Gasteiger partial charge on any atom is -0.354 e. The first-order chi connectivity index (χ1) is 9.11. The maximum Gasteiger partial charge on any atom is 0.230 e. The highest BCUT2D eigenvalue weighted by Crippen LogP contribution is 2.03. The van der Waals surface area contributed by atoms with Crippen molar-refractivity contribution in [2.75, 3.05) is 25.1 Å². The average Bonchev–Trinajstić information content (AvgIpc) is 2.38. The largest absolute Gasteiger partial charge is 0.354 e. The summed E-state index contributed by atoms with van der Waals surface area (Å²) in [5.74, 6) is -0.0875. The smallest absolute Gasteiger partial charge is 0.230 e. The highest BCUT2D eigenvalue weighted by atomic mass is 32.2. The number of halogens is 1. The molecular weight excluding hydrogens is 267 g/mol. The second kappa shape index (κ2) is 8.53. The van der Waals surface area contributed by atoms with Crippen molar-refractivity contribution in [2.45, 2.75) is 6.42 Å². The minimum atomic E-state index is -0.319. The van der Waals surface area contributed by atoms with Crippen molar-refractivity contribution in [3.8, 4) is 0 Å². The van der Waals surface area contributed by atoms with Gasteiger partial charge in [0.1, 0.15) is 5.82 Å². The Labute approximate surface area is 116 Å². The zero-order chi connectivity index (χ0) is 14.1. The monoisotopic (exact) mass is 284 g/mol. The molecule has 0 heterocycles. The Morgan fingerprint density at radius 1 is 1.11 bits per heavy atom. The molecule has 0 saturated heterocycles. The van der Waals surface area contributed by atoms with Crippen LogP contribution in [0.15, 0.2) is 24.3 Å². The topological polar surface area (TPSA) is 58.2 Å². The van der Waals surface area contributed by atoms with Crippen LogP contribution in [0, 0.1) is 5.82 Å². The van der Waals surface area contributed by atoms with Gasteiger partial charge in [-0.05, 0) is 24.0 Å². The van der Waals surface area contributed by atoms with Gasteiger partial charge in [0.05, 0.1) is 12.2 Å². The van der Waals surface area contributed by atoms with Gasteiger partial charge >= 0.3 is 0 Å². The van der Waals surface area contributed by atoms with E-state index in [2.05, 4.69) is 10.6 Å². The molecule has 19 heavy (non-hydrogen) atoms. The van der Waals surface area contributed by atoms with E-state index in [9.17, 15) is 14.0 Å². The van der Waals surface area contributed by atoms with Crippen molar-refractivity contribution in [1.29, 1.82) is 0 Å². The summed E-state index contributed by atoms with van der Waals surface area (Å²) in [4.78, 5) is 22.7. The van der Waals surface area contributed by atoms with Gasteiger partial charge in [-0.1, -0.05) is 12.1 Å². The fraction of sp³-hybridized carbons (Fsp3) is 0.385. The Bertz CT molecular complexity index is 423. The number of hydrogen-bond donors (Lipinski definition) is 2. The molecule has 0 saturated carbocycles. The molecular formula is C13H17FN2O2S. The van der Waals surface area contributed by atoms with Crippen LogP contribution in [0.25, 0.3) is 0 Å². The molecule has 0 aliphatic rings. The molecule has 1 aromatic carbocycles. The zero-order valence-corrected chi connectivity index (χ0v) is 11.6. The molecule has 104 valence electrons. The van der Waals surface area contributed by atoms with Crippen LogP contribution in [0.3, 0.4) is 0 Å². The Kier molecular flexibility index (Phi) is 6.95. The van der Waals surface area contributed by atoms with Crippen LogP contribution < -0.4 is 10.6 Å². The summed E-state index contributed by atoms with van der Waals surface area (Å²) in [6.45, 7) is 0.800. The van der Waals surface area contributed by atoms with Crippen LogP contribution in [0.4, 0.5) is 4.39 Å². The van der Waals surface area contributed by atoms with E-state index in [4.69, 9.17) is 0 Å². The molecule has 0 aliphatic carbocycles. The number of carbonyl (C=O) groups excluding carboxylic acids is 2. The molecule has 0 fully saturated rings. The first kappa shape index (κ1) is 15.5. The summed E-state index contributed by atoms with van der Waals surface area (Å²) < 4.78 is 12.7. The lowest BCUT2D eigenvalue weighted by molar-refractivity contribution is -0.121. The summed E-state index contributed by atoms with van der Waals surface area (Å²) in [5.41, 5.74) is 0.755. The number of hydrogen-bond acceptors (Lipinski definition) is 3. The Morgan fingerprint density at radius 3 is 2.26 bits per heavy atom. The van der Waals surface area contributed by atoms with E-state index >= 15 is 0 Å². The van der Waals surface area contributed by atoms with Crippen molar-refractivity contribution in [2.24, 2.45) is 0 Å². The maximum atomic E-state index is 12.7. The predicted molar refractivity (Wildman–Crippen MR) is 74.5 cm³/mol. The summed E-state index contributed by atoms with van der Waals surface area (Å²) in [6.07, 6.45) is 2.06. The van der Waals surface area contributed by atoms with E-state index in [1.54, 1.807) is 12.1 Å². The van der Waals surface area contributed by atoms with Gasteiger partial charge in [0.15, 0.2) is 0 Å². The highest BCUT2D eigenvalue weighted by molar-refractivity contribution is 7.99. The van der Waals surface area contributed by atoms with Crippen LogP contribution in [0.2, 0.25) is 0 Å². The lowest BCUT2D eigenvalue weighted by Crippen LogP contribution is -2.36. The number of rotatable bonds is 7. The van der Waals surface area contributed by atoms with E-state index in [1.807, 2.05) is 6.26 Å². The van der Waals surface area contributed by atoms with Gasteiger partial charge in [-0.25, -0.2) is 4.39 Å². The molecule has 1 rings (SSSR count). The van der Waals surface area contributed by atoms with Crippen molar-refractivity contribution in [3.05, 3.63) is 35.6 Å². The third-order valence-corrected chi connectivity index (χ3v) is 2.87. The third-order valence-electron chi connectivity index (χ3n) is 2.32. The van der Waals surface area contributed by atoms with Crippen LogP contribution in [-0.2, 0) is 16.0 Å². The molecule has 0 aromatic heterocycles. The summed E-state index contributed by atoms with van der Waals surface area (Å²) in [7, 11) is 0. The summed E-state index contributed by atoms with van der Waals surface area (Å²) in [6, 6.07) is 5.81. The quantitative estimate of drug-likeness (QED) is 0.733. The molecule has 4 nitrogen and oxygen atoms in total.